The lowest BCUT2D eigenvalue weighted by Crippen LogP contribution is -2.46. The fraction of sp³-hybridized carbons (Fsp3) is 0.933. The molecule has 0 aliphatic rings. The molecule has 0 unspecified atom stereocenters. The predicted molar refractivity (Wildman–Crippen MR) is 78.1 cm³/mol. The van der Waals surface area contributed by atoms with Gasteiger partial charge in [0.25, 0.3) is 0 Å². The fourth-order valence-corrected chi connectivity index (χ4v) is 1.89. The van der Waals surface area contributed by atoms with Crippen LogP contribution in [0.2, 0.25) is 0 Å². The maximum Gasteiger partial charge on any atom is 0.407 e. The van der Waals surface area contributed by atoms with Crippen LogP contribution in [0.1, 0.15) is 67.2 Å². The summed E-state index contributed by atoms with van der Waals surface area (Å²) in [5.74, 6) is 0.413. The maximum atomic E-state index is 11.8. The first-order valence-electron chi connectivity index (χ1n) is 7.33. The number of nitrogens with one attached hydrogen (secondary N) is 1. The highest BCUT2D eigenvalue weighted by Crippen LogP contribution is 2.14. The van der Waals surface area contributed by atoms with Crippen LogP contribution in [0.5, 0.6) is 0 Å². The molecule has 0 rings (SSSR count). The molecule has 0 saturated heterocycles. The van der Waals surface area contributed by atoms with Crippen LogP contribution in [0, 0.1) is 5.92 Å². The number of carbonyl (C=O) groups is 1. The highest BCUT2D eigenvalue weighted by Gasteiger charge is 2.24. The van der Waals surface area contributed by atoms with E-state index < -0.39 is 17.8 Å². The molecule has 2 N–H and O–H groups in total. The summed E-state index contributed by atoms with van der Waals surface area (Å²) < 4.78 is 5.24. The van der Waals surface area contributed by atoms with Gasteiger partial charge < -0.3 is 15.2 Å². The van der Waals surface area contributed by atoms with E-state index in [9.17, 15) is 9.90 Å². The van der Waals surface area contributed by atoms with Crippen LogP contribution in [0.25, 0.3) is 0 Å². The summed E-state index contributed by atoms with van der Waals surface area (Å²) in [5, 5.41) is 13.0. The minimum atomic E-state index is -0.513. The molecule has 1 amide bonds. The van der Waals surface area contributed by atoms with Gasteiger partial charge in [0, 0.05) is 0 Å². The number of amides is 1. The molecule has 114 valence electrons. The van der Waals surface area contributed by atoms with E-state index in [1.54, 1.807) is 0 Å². The Balaban J connectivity index is 4.45. The van der Waals surface area contributed by atoms with Gasteiger partial charge in [0.05, 0.1) is 12.1 Å². The molecule has 4 heteroatoms. The SMILES string of the molecule is CCCC[C@H](O)[C@H](CC(C)C)NC(=O)OC(C)(C)C. The smallest absolute Gasteiger partial charge is 0.407 e. The van der Waals surface area contributed by atoms with Crippen molar-refractivity contribution in [3.8, 4) is 0 Å². The molecule has 0 heterocycles. The molecule has 0 fully saturated rings. The molecule has 0 bridgehead atoms. The Morgan fingerprint density at radius 3 is 2.32 bits per heavy atom. The van der Waals surface area contributed by atoms with Crippen LogP contribution in [-0.2, 0) is 4.74 Å². The van der Waals surface area contributed by atoms with E-state index in [1.807, 2.05) is 20.8 Å². The van der Waals surface area contributed by atoms with Crippen LogP contribution in [0.15, 0.2) is 0 Å². The van der Waals surface area contributed by atoms with E-state index in [-0.39, 0.29) is 6.04 Å². The number of alkyl carbamates (subject to hydrolysis) is 1. The van der Waals surface area contributed by atoms with Gasteiger partial charge in [0.1, 0.15) is 5.60 Å². The van der Waals surface area contributed by atoms with Gasteiger partial charge in [-0.05, 0) is 39.5 Å². The number of unbranched alkanes of at least 4 members (excludes halogenated alkanes) is 1. The van der Waals surface area contributed by atoms with E-state index in [4.69, 9.17) is 4.74 Å². The Hall–Kier alpha value is -0.770. The lowest BCUT2D eigenvalue weighted by Gasteiger charge is -2.27. The molecule has 0 aliphatic carbocycles. The Morgan fingerprint density at radius 2 is 1.89 bits per heavy atom. The molecule has 0 aromatic rings. The predicted octanol–water partition coefficient (Wildman–Crippen LogP) is 3.48. The third-order valence-electron chi connectivity index (χ3n) is 2.75. The third kappa shape index (κ3) is 9.77. The molecule has 0 aromatic heterocycles. The number of hydrogen-bond acceptors (Lipinski definition) is 3. The second kappa shape index (κ2) is 8.41. The molecule has 19 heavy (non-hydrogen) atoms. The van der Waals surface area contributed by atoms with Crippen molar-refractivity contribution in [1.29, 1.82) is 0 Å². The van der Waals surface area contributed by atoms with Crippen molar-refractivity contribution in [2.24, 2.45) is 5.92 Å². The average molecular weight is 273 g/mol. The molecular weight excluding hydrogens is 242 g/mol. The number of hydrogen-bond donors (Lipinski definition) is 2. The highest BCUT2D eigenvalue weighted by atomic mass is 16.6. The molecule has 0 aromatic carbocycles. The molecule has 4 nitrogen and oxygen atoms in total. The number of aliphatic hydroxyl groups is 1. The molecule has 0 saturated carbocycles. The van der Waals surface area contributed by atoms with Crippen molar-refractivity contribution in [3.05, 3.63) is 0 Å². The topological polar surface area (TPSA) is 58.6 Å². The van der Waals surface area contributed by atoms with Crippen LogP contribution in [0.4, 0.5) is 4.79 Å². The summed E-state index contributed by atoms with van der Waals surface area (Å²) in [4.78, 5) is 11.8. The molecular formula is C15H31NO3. The minimum absolute atomic E-state index is 0.235. The number of carbonyl (C=O) groups excluding carboxylic acids is 1. The van der Waals surface area contributed by atoms with Crippen molar-refractivity contribution in [1.82, 2.24) is 5.32 Å². The summed E-state index contributed by atoms with van der Waals surface area (Å²) in [6.45, 7) is 11.7. The van der Waals surface area contributed by atoms with Gasteiger partial charge >= 0.3 is 6.09 Å². The summed E-state index contributed by atoms with van der Waals surface area (Å²) in [6.07, 6.45) is 2.51. The Labute approximate surface area is 117 Å². The Bertz CT molecular complexity index is 259. The second-order valence-electron chi connectivity index (χ2n) is 6.59. The molecule has 0 radical (unpaired) electrons. The molecule has 0 spiro atoms. The van der Waals surface area contributed by atoms with Crippen molar-refractivity contribution < 1.29 is 14.6 Å². The lowest BCUT2D eigenvalue weighted by atomic mass is 9.96. The quantitative estimate of drug-likeness (QED) is 0.746. The van der Waals surface area contributed by atoms with Gasteiger partial charge in [0.2, 0.25) is 0 Å². The fourth-order valence-electron chi connectivity index (χ4n) is 1.89. The zero-order valence-electron chi connectivity index (χ0n) is 13.3. The van der Waals surface area contributed by atoms with E-state index >= 15 is 0 Å². The number of aliphatic hydroxyl groups excluding tert-OH is 1. The first kappa shape index (κ1) is 18.2. The standard InChI is InChI=1S/C15H31NO3/c1-7-8-9-13(17)12(10-11(2)3)16-14(18)19-15(4,5)6/h11-13,17H,7-10H2,1-6H3,(H,16,18)/t12-,13-/m0/s1. The van der Waals surface area contributed by atoms with Crippen molar-refractivity contribution in [2.45, 2.75) is 85.0 Å². The van der Waals surface area contributed by atoms with Gasteiger partial charge in [-0.15, -0.1) is 0 Å². The van der Waals surface area contributed by atoms with E-state index in [0.717, 1.165) is 19.3 Å². The first-order chi connectivity index (χ1) is 8.65. The van der Waals surface area contributed by atoms with E-state index in [2.05, 4.69) is 26.1 Å². The van der Waals surface area contributed by atoms with Crippen LogP contribution in [0.3, 0.4) is 0 Å². The minimum Gasteiger partial charge on any atom is -0.444 e. The van der Waals surface area contributed by atoms with E-state index in [1.165, 1.54) is 0 Å². The second-order valence-corrected chi connectivity index (χ2v) is 6.59. The van der Waals surface area contributed by atoms with Crippen LogP contribution in [-0.4, -0.2) is 28.9 Å². The summed E-state index contributed by atoms with van der Waals surface area (Å²) in [7, 11) is 0. The number of ether oxygens (including phenoxy) is 1. The number of rotatable bonds is 7. The zero-order chi connectivity index (χ0) is 15.1. The Morgan fingerprint density at radius 1 is 1.32 bits per heavy atom. The summed E-state index contributed by atoms with van der Waals surface area (Å²) in [5.41, 5.74) is -0.513. The normalized spacial score (nSPS) is 15.2. The first-order valence-corrected chi connectivity index (χ1v) is 7.33. The average Bonchev–Trinajstić information content (AvgIpc) is 2.21. The lowest BCUT2D eigenvalue weighted by molar-refractivity contribution is 0.0390. The van der Waals surface area contributed by atoms with E-state index in [0.29, 0.717) is 12.3 Å². The van der Waals surface area contributed by atoms with Crippen molar-refractivity contribution >= 4 is 6.09 Å². The summed E-state index contributed by atoms with van der Waals surface area (Å²) in [6, 6.07) is -0.235. The van der Waals surface area contributed by atoms with Gasteiger partial charge in [-0.2, -0.15) is 0 Å². The Kier molecular flexibility index (Phi) is 8.07. The van der Waals surface area contributed by atoms with Crippen LogP contribution >= 0.6 is 0 Å². The van der Waals surface area contributed by atoms with Gasteiger partial charge in [0.15, 0.2) is 0 Å². The monoisotopic (exact) mass is 273 g/mol. The maximum absolute atomic E-state index is 11.8. The van der Waals surface area contributed by atoms with Gasteiger partial charge in [-0.3, -0.25) is 0 Å². The third-order valence-corrected chi connectivity index (χ3v) is 2.75. The van der Waals surface area contributed by atoms with Crippen molar-refractivity contribution in [3.63, 3.8) is 0 Å². The molecule has 0 aliphatic heterocycles. The van der Waals surface area contributed by atoms with Gasteiger partial charge in [-0.1, -0.05) is 33.6 Å². The largest absolute Gasteiger partial charge is 0.444 e. The van der Waals surface area contributed by atoms with Crippen molar-refractivity contribution in [2.75, 3.05) is 0 Å². The molecule has 2 atom stereocenters. The van der Waals surface area contributed by atoms with Gasteiger partial charge in [-0.25, -0.2) is 4.79 Å². The van der Waals surface area contributed by atoms with Crippen LogP contribution < -0.4 is 5.32 Å². The zero-order valence-corrected chi connectivity index (χ0v) is 13.3. The highest BCUT2D eigenvalue weighted by molar-refractivity contribution is 5.68. The summed E-state index contributed by atoms with van der Waals surface area (Å²) >= 11 is 0.